The first-order chi connectivity index (χ1) is 10.3. The monoisotopic (exact) mass is 312 g/mol. The summed E-state index contributed by atoms with van der Waals surface area (Å²) in [5.74, 6) is -1.08. The number of pyridine rings is 1. The van der Waals surface area contributed by atoms with Crippen molar-refractivity contribution in [1.82, 2.24) is 4.98 Å². The van der Waals surface area contributed by atoms with Gasteiger partial charge in [-0.25, -0.2) is 4.79 Å². The van der Waals surface area contributed by atoms with Gasteiger partial charge in [-0.3, -0.25) is 9.72 Å². The number of nitrogens with zero attached hydrogens (tertiary/aromatic N) is 2. The summed E-state index contributed by atoms with van der Waals surface area (Å²) in [4.78, 5) is 17.0. The average Bonchev–Trinajstić information content (AvgIpc) is 2.40. The second-order valence-corrected chi connectivity index (χ2v) is 4.96. The van der Waals surface area contributed by atoms with Crippen LogP contribution in [0.1, 0.15) is 10.4 Å². The Bertz CT molecular complexity index is 727. The van der Waals surface area contributed by atoms with Crippen molar-refractivity contribution in [3.05, 3.63) is 36.0 Å². The highest BCUT2D eigenvalue weighted by Gasteiger charge is 2.39. The highest BCUT2D eigenvalue weighted by molar-refractivity contribution is 6.03. The van der Waals surface area contributed by atoms with Gasteiger partial charge >= 0.3 is 12.3 Å². The molecule has 0 radical (unpaired) electrons. The highest BCUT2D eigenvalue weighted by atomic mass is 19.4. The molecule has 1 N–H and O–H groups in total. The number of halogens is 3. The van der Waals surface area contributed by atoms with Crippen LogP contribution in [-0.2, 0) is 4.74 Å². The summed E-state index contributed by atoms with van der Waals surface area (Å²) >= 11 is 0. The molecule has 1 aromatic carbocycles. The Balaban J connectivity index is 1.82. The number of carbonyl (C=O) groups is 1. The number of fused-ring (bicyclic) bond motifs is 1. The van der Waals surface area contributed by atoms with E-state index in [4.69, 9.17) is 5.11 Å². The predicted molar refractivity (Wildman–Crippen MR) is 71.8 cm³/mol. The van der Waals surface area contributed by atoms with Gasteiger partial charge in [-0.05, 0) is 24.3 Å². The van der Waals surface area contributed by atoms with Crippen molar-refractivity contribution >= 4 is 22.6 Å². The molecule has 2 aromatic rings. The summed E-state index contributed by atoms with van der Waals surface area (Å²) in [6, 6.07) is 6.36. The third-order valence-electron chi connectivity index (χ3n) is 3.47. The predicted octanol–water partition coefficient (Wildman–Crippen LogP) is 2.66. The molecule has 0 aliphatic carbocycles. The molecule has 5 nitrogen and oxygen atoms in total. The van der Waals surface area contributed by atoms with Crippen molar-refractivity contribution < 1.29 is 27.8 Å². The standard InChI is InChI=1S/C14H11F3N2O3/c15-14(16,17)22-9-6-19(7-9)8-1-2-12-11(5-8)10(13(20)21)3-4-18-12/h1-5,9H,6-7H2,(H,20,21). The molecule has 116 valence electrons. The van der Waals surface area contributed by atoms with Gasteiger partial charge in [0.1, 0.15) is 6.10 Å². The van der Waals surface area contributed by atoms with Gasteiger partial charge in [0.25, 0.3) is 0 Å². The number of aromatic carboxylic acids is 1. The van der Waals surface area contributed by atoms with Crippen molar-refractivity contribution in [3.63, 3.8) is 0 Å². The fourth-order valence-corrected chi connectivity index (χ4v) is 2.43. The summed E-state index contributed by atoms with van der Waals surface area (Å²) in [6.07, 6.45) is -4.13. The van der Waals surface area contributed by atoms with Gasteiger partial charge in [0, 0.05) is 30.4 Å². The van der Waals surface area contributed by atoms with Gasteiger partial charge < -0.3 is 10.0 Å². The van der Waals surface area contributed by atoms with E-state index in [2.05, 4.69) is 9.72 Å². The van der Waals surface area contributed by atoms with Crippen LogP contribution in [-0.4, -0.2) is 41.6 Å². The first kappa shape index (κ1) is 14.6. The number of alkyl halides is 3. The van der Waals surface area contributed by atoms with Crippen LogP contribution >= 0.6 is 0 Å². The van der Waals surface area contributed by atoms with Crippen LogP contribution in [0.15, 0.2) is 30.5 Å². The summed E-state index contributed by atoms with van der Waals surface area (Å²) < 4.78 is 40.2. The molecule has 0 unspecified atom stereocenters. The number of carboxylic acid groups (broad SMARTS) is 1. The number of anilines is 1. The Kier molecular flexibility index (Phi) is 3.40. The van der Waals surface area contributed by atoms with Crippen LogP contribution in [0.2, 0.25) is 0 Å². The molecule has 0 bridgehead atoms. The van der Waals surface area contributed by atoms with Crippen molar-refractivity contribution in [1.29, 1.82) is 0 Å². The van der Waals surface area contributed by atoms with Crippen molar-refractivity contribution in [3.8, 4) is 0 Å². The lowest BCUT2D eigenvalue weighted by Gasteiger charge is -2.40. The van der Waals surface area contributed by atoms with Crippen LogP contribution in [0, 0.1) is 0 Å². The molecule has 1 aliphatic heterocycles. The Morgan fingerprint density at radius 3 is 2.68 bits per heavy atom. The molecular formula is C14H11F3N2O3. The molecule has 1 aliphatic rings. The van der Waals surface area contributed by atoms with E-state index < -0.39 is 18.4 Å². The molecule has 0 atom stereocenters. The molecular weight excluding hydrogens is 301 g/mol. The van der Waals surface area contributed by atoms with E-state index in [1.54, 1.807) is 23.1 Å². The second kappa shape index (κ2) is 5.13. The number of aromatic nitrogens is 1. The molecule has 0 saturated carbocycles. The normalized spacial score (nSPS) is 15.9. The molecule has 1 fully saturated rings. The lowest BCUT2D eigenvalue weighted by Crippen LogP contribution is -2.54. The summed E-state index contributed by atoms with van der Waals surface area (Å²) in [6.45, 7) is 0.210. The molecule has 3 rings (SSSR count). The van der Waals surface area contributed by atoms with Gasteiger partial charge in [-0.1, -0.05) is 0 Å². The fourth-order valence-electron chi connectivity index (χ4n) is 2.43. The smallest absolute Gasteiger partial charge is 0.478 e. The highest BCUT2D eigenvalue weighted by Crippen LogP contribution is 2.30. The van der Waals surface area contributed by atoms with Gasteiger partial charge in [0.15, 0.2) is 0 Å². The first-order valence-corrected chi connectivity index (χ1v) is 6.45. The van der Waals surface area contributed by atoms with Crippen LogP contribution in [0.5, 0.6) is 0 Å². The van der Waals surface area contributed by atoms with Crippen LogP contribution < -0.4 is 4.90 Å². The third-order valence-corrected chi connectivity index (χ3v) is 3.47. The average molecular weight is 312 g/mol. The maximum absolute atomic E-state index is 12.1. The molecule has 1 aromatic heterocycles. The largest absolute Gasteiger partial charge is 0.522 e. The topological polar surface area (TPSA) is 62.7 Å². The maximum Gasteiger partial charge on any atom is 0.522 e. The van der Waals surface area contributed by atoms with E-state index in [0.717, 1.165) is 0 Å². The van der Waals surface area contributed by atoms with Crippen LogP contribution in [0.4, 0.5) is 18.9 Å². The number of carboxylic acids is 1. The minimum Gasteiger partial charge on any atom is -0.478 e. The molecule has 2 heterocycles. The van der Waals surface area contributed by atoms with Crippen molar-refractivity contribution in [2.24, 2.45) is 0 Å². The Hall–Kier alpha value is -2.35. The number of benzene rings is 1. The SMILES string of the molecule is O=C(O)c1ccnc2ccc(N3CC(OC(F)(F)F)C3)cc12. The molecule has 8 heteroatoms. The minimum atomic E-state index is -4.64. The maximum atomic E-state index is 12.1. The van der Waals surface area contributed by atoms with Crippen molar-refractivity contribution in [2.45, 2.75) is 12.5 Å². The third kappa shape index (κ3) is 2.82. The van der Waals surface area contributed by atoms with E-state index in [0.29, 0.717) is 16.6 Å². The number of hydrogen-bond donors (Lipinski definition) is 1. The minimum absolute atomic E-state index is 0.105. The molecule has 22 heavy (non-hydrogen) atoms. The van der Waals surface area contributed by atoms with Gasteiger partial charge in [0.2, 0.25) is 0 Å². The van der Waals surface area contributed by atoms with Crippen LogP contribution in [0.3, 0.4) is 0 Å². The Morgan fingerprint density at radius 2 is 2.05 bits per heavy atom. The van der Waals surface area contributed by atoms with Gasteiger partial charge in [-0.15, -0.1) is 13.2 Å². The fraction of sp³-hybridized carbons (Fsp3) is 0.286. The van der Waals surface area contributed by atoms with E-state index >= 15 is 0 Å². The van der Waals surface area contributed by atoms with E-state index in [-0.39, 0.29) is 18.7 Å². The van der Waals surface area contributed by atoms with Gasteiger partial charge in [-0.2, -0.15) is 0 Å². The van der Waals surface area contributed by atoms with E-state index in [1.807, 2.05) is 0 Å². The van der Waals surface area contributed by atoms with E-state index in [9.17, 15) is 18.0 Å². The van der Waals surface area contributed by atoms with Gasteiger partial charge in [0.05, 0.1) is 11.1 Å². The lowest BCUT2D eigenvalue weighted by molar-refractivity contribution is -0.344. The number of rotatable bonds is 3. The first-order valence-electron chi connectivity index (χ1n) is 6.45. The second-order valence-electron chi connectivity index (χ2n) is 4.96. The van der Waals surface area contributed by atoms with Crippen LogP contribution in [0.25, 0.3) is 10.9 Å². The zero-order valence-electron chi connectivity index (χ0n) is 11.2. The molecule has 0 spiro atoms. The molecule has 1 saturated heterocycles. The number of hydrogen-bond acceptors (Lipinski definition) is 4. The summed E-state index contributed by atoms with van der Waals surface area (Å²) in [7, 11) is 0. The zero-order valence-corrected chi connectivity index (χ0v) is 11.2. The lowest BCUT2D eigenvalue weighted by atomic mass is 10.1. The zero-order chi connectivity index (χ0) is 15.9. The van der Waals surface area contributed by atoms with Crippen molar-refractivity contribution in [2.75, 3.05) is 18.0 Å². The quantitative estimate of drug-likeness (QED) is 0.944. The molecule has 0 amide bonds. The number of ether oxygens (including phenoxy) is 1. The Morgan fingerprint density at radius 1 is 1.32 bits per heavy atom. The summed E-state index contributed by atoms with van der Waals surface area (Å²) in [5, 5.41) is 9.62. The van der Waals surface area contributed by atoms with E-state index in [1.165, 1.54) is 12.3 Å². The summed E-state index contributed by atoms with van der Waals surface area (Å²) in [5.41, 5.74) is 1.27. The Labute approximate surface area is 122 Å².